The molecule has 8 nitrogen and oxygen atoms in total. The number of anilines is 2. The molecule has 0 radical (unpaired) electrons. The lowest BCUT2D eigenvalue weighted by Gasteiger charge is -2.06. The minimum atomic E-state index is 0.134. The van der Waals surface area contributed by atoms with E-state index in [0.717, 1.165) is 12.0 Å². The number of aryl methyl sites for hydroxylation is 1. The molecule has 0 aliphatic carbocycles. The van der Waals surface area contributed by atoms with Crippen LogP contribution in [0, 0.1) is 0 Å². The van der Waals surface area contributed by atoms with Crippen molar-refractivity contribution in [1.82, 2.24) is 24.7 Å². The van der Waals surface area contributed by atoms with Crippen LogP contribution < -0.4 is 15.8 Å². The lowest BCUT2D eigenvalue weighted by molar-refractivity contribution is 0.292. The summed E-state index contributed by atoms with van der Waals surface area (Å²) in [6, 6.07) is 0.239. The summed E-state index contributed by atoms with van der Waals surface area (Å²) in [6.07, 6.45) is 4.56. The van der Waals surface area contributed by atoms with E-state index in [0.29, 0.717) is 19.1 Å². The van der Waals surface area contributed by atoms with Crippen LogP contribution in [0.4, 0.5) is 11.9 Å². The van der Waals surface area contributed by atoms with Crippen molar-refractivity contribution in [3.05, 3.63) is 18.0 Å². The van der Waals surface area contributed by atoms with Crippen LogP contribution in [-0.4, -0.2) is 31.3 Å². The third-order valence-electron chi connectivity index (χ3n) is 2.28. The highest BCUT2D eigenvalue weighted by Crippen LogP contribution is 2.10. The number of aromatic nitrogens is 5. The molecule has 0 saturated carbocycles. The average Bonchev–Trinajstić information content (AvgIpc) is 2.79. The summed E-state index contributed by atoms with van der Waals surface area (Å²) in [5, 5.41) is 7.14. The highest BCUT2D eigenvalue weighted by Gasteiger charge is 2.05. The first-order valence-electron chi connectivity index (χ1n) is 6.03. The quantitative estimate of drug-likeness (QED) is 0.785. The van der Waals surface area contributed by atoms with Crippen molar-refractivity contribution < 1.29 is 4.74 Å². The van der Waals surface area contributed by atoms with E-state index in [1.807, 2.05) is 20.2 Å². The van der Waals surface area contributed by atoms with Gasteiger partial charge >= 0.3 is 6.01 Å². The fraction of sp³-hybridized carbons (Fsp3) is 0.455. The van der Waals surface area contributed by atoms with Gasteiger partial charge < -0.3 is 15.8 Å². The van der Waals surface area contributed by atoms with E-state index in [2.05, 4.69) is 25.4 Å². The molecule has 0 atom stereocenters. The molecule has 2 aromatic rings. The standard InChI is InChI=1S/C11H17N7O/c1-3-4-19-11-16-9(12)15-10(17-11)13-5-8-6-14-18(2)7-8/h6-7H,3-5H2,1-2H3,(H3,12,13,15,16,17). The molecular weight excluding hydrogens is 246 g/mol. The van der Waals surface area contributed by atoms with Gasteiger partial charge in [-0.05, 0) is 6.42 Å². The summed E-state index contributed by atoms with van der Waals surface area (Å²) in [5.41, 5.74) is 6.63. The van der Waals surface area contributed by atoms with E-state index in [1.54, 1.807) is 10.9 Å². The number of hydrogen-bond acceptors (Lipinski definition) is 7. The molecule has 2 heterocycles. The second-order valence-corrected chi connectivity index (χ2v) is 4.02. The van der Waals surface area contributed by atoms with E-state index in [9.17, 15) is 0 Å². The minimum Gasteiger partial charge on any atom is -0.463 e. The summed E-state index contributed by atoms with van der Waals surface area (Å²) < 4.78 is 7.06. The van der Waals surface area contributed by atoms with Gasteiger partial charge in [-0.2, -0.15) is 20.1 Å². The molecule has 0 aliphatic rings. The van der Waals surface area contributed by atoms with Crippen molar-refractivity contribution in [2.75, 3.05) is 17.7 Å². The third-order valence-corrected chi connectivity index (χ3v) is 2.28. The molecule has 0 amide bonds. The Morgan fingerprint density at radius 2 is 2.21 bits per heavy atom. The molecule has 2 rings (SSSR count). The molecule has 19 heavy (non-hydrogen) atoms. The molecule has 8 heteroatoms. The Morgan fingerprint density at radius 1 is 1.37 bits per heavy atom. The predicted octanol–water partition coefficient (Wildman–Crippen LogP) is 0.588. The van der Waals surface area contributed by atoms with Crippen LogP contribution in [0.3, 0.4) is 0 Å². The first-order valence-corrected chi connectivity index (χ1v) is 6.03. The molecule has 0 spiro atoms. The zero-order chi connectivity index (χ0) is 13.7. The number of hydrogen-bond donors (Lipinski definition) is 2. The molecular formula is C11H17N7O. The van der Waals surface area contributed by atoms with Gasteiger partial charge in [0, 0.05) is 25.4 Å². The van der Waals surface area contributed by atoms with Gasteiger partial charge in [0.1, 0.15) is 0 Å². The van der Waals surface area contributed by atoms with Crippen molar-refractivity contribution in [3.8, 4) is 6.01 Å². The monoisotopic (exact) mass is 263 g/mol. The highest BCUT2D eigenvalue weighted by molar-refractivity contribution is 5.33. The van der Waals surface area contributed by atoms with Crippen LogP contribution in [0.5, 0.6) is 6.01 Å². The Labute approximate surface area is 111 Å². The van der Waals surface area contributed by atoms with Crippen molar-refractivity contribution >= 4 is 11.9 Å². The largest absolute Gasteiger partial charge is 0.463 e. The number of ether oxygens (including phenoxy) is 1. The topological polar surface area (TPSA) is 104 Å². The molecule has 0 aromatic carbocycles. The van der Waals surface area contributed by atoms with E-state index in [1.165, 1.54) is 0 Å². The normalized spacial score (nSPS) is 10.4. The van der Waals surface area contributed by atoms with Crippen LogP contribution in [0.15, 0.2) is 12.4 Å². The van der Waals surface area contributed by atoms with Crippen LogP contribution in [0.2, 0.25) is 0 Å². The van der Waals surface area contributed by atoms with Crippen LogP contribution in [0.25, 0.3) is 0 Å². The van der Waals surface area contributed by atoms with Gasteiger partial charge in [0.05, 0.1) is 12.8 Å². The first-order chi connectivity index (χ1) is 9.17. The molecule has 0 unspecified atom stereocenters. The minimum absolute atomic E-state index is 0.134. The second-order valence-electron chi connectivity index (χ2n) is 4.02. The van der Waals surface area contributed by atoms with Crippen molar-refractivity contribution in [1.29, 1.82) is 0 Å². The van der Waals surface area contributed by atoms with Gasteiger partial charge in [0.25, 0.3) is 0 Å². The van der Waals surface area contributed by atoms with Gasteiger partial charge in [0.2, 0.25) is 11.9 Å². The summed E-state index contributed by atoms with van der Waals surface area (Å²) in [5.74, 6) is 0.525. The maximum atomic E-state index is 5.61. The van der Waals surface area contributed by atoms with Gasteiger partial charge in [0.15, 0.2) is 0 Å². The van der Waals surface area contributed by atoms with Gasteiger partial charge in [-0.25, -0.2) is 0 Å². The van der Waals surface area contributed by atoms with Gasteiger partial charge in [-0.3, -0.25) is 4.68 Å². The Hall–Kier alpha value is -2.38. The fourth-order valence-corrected chi connectivity index (χ4v) is 1.45. The highest BCUT2D eigenvalue weighted by atomic mass is 16.5. The van der Waals surface area contributed by atoms with E-state index in [4.69, 9.17) is 10.5 Å². The Bertz CT molecular complexity index is 540. The van der Waals surface area contributed by atoms with E-state index >= 15 is 0 Å². The number of nitrogens with two attached hydrogens (primary N) is 1. The maximum Gasteiger partial charge on any atom is 0.323 e. The zero-order valence-electron chi connectivity index (χ0n) is 11.0. The number of nitrogens with zero attached hydrogens (tertiary/aromatic N) is 5. The Balaban J connectivity index is 2.01. The molecule has 2 aromatic heterocycles. The third kappa shape index (κ3) is 3.80. The van der Waals surface area contributed by atoms with Crippen LogP contribution in [-0.2, 0) is 13.6 Å². The van der Waals surface area contributed by atoms with Gasteiger partial charge in [-0.15, -0.1) is 0 Å². The number of nitrogen functional groups attached to an aromatic ring is 1. The van der Waals surface area contributed by atoms with Crippen LogP contribution in [0.1, 0.15) is 18.9 Å². The lowest BCUT2D eigenvalue weighted by Crippen LogP contribution is -2.09. The summed E-state index contributed by atoms with van der Waals surface area (Å²) in [7, 11) is 1.86. The summed E-state index contributed by atoms with van der Waals surface area (Å²) in [6.45, 7) is 3.11. The van der Waals surface area contributed by atoms with Crippen LogP contribution >= 0.6 is 0 Å². The van der Waals surface area contributed by atoms with Crippen molar-refractivity contribution in [2.45, 2.75) is 19.9 Å². The van der Waals surface area contributed by atoms with E-state index in [-0.39, 0.29) is 12.0 Å². The second kappa shape index (κ2) is 5.98. The number of nitrogens with one attached hydrogen (secondary N) is 1. The molecule has 0 fully saturated rings. The summed E-state index contributed by atoms with van der Waals surface area (Å²) >= 11 is 0. The summed E-state index contributed by atoms with van der Waals surface area (Å²) in [4.78, 5) is 12.0. The zero-order valence-corrected chi connectivity index (χ0v) is 11.0. The molecule has 0 bridgehead atoms. The molecule has 0 aliphatic heterocycles. The molecule has 102 valence electrons. The fourth-order valence-electron chi connectivity index (χ4n) is 1.45. The Morgan fingerprint density at radius 3 is 2.89 bits per heavy atom. The lowest BCUT2D eigenvalue weighted by atomic mass is 10.4. The smallest absolute Gasteiger partial charge is 0.323 e. The average molecular weight is 263 g/mol. The molecule has 0 saturated heterocycles. The van der Waals surface area contributed by atoms with Gasteiger partial charge in [-0.1, -0.05) is 6.92 Å². The SMILES string of the molecule is CCCOc1nc(N)nc(NCc2cnn(C)c2)n1. The maximum absolute atomic E-state index is 5.61. The first kappa shape index (κ1) is 13.1. The molecule has 3 N–H and O–H groups in total. The Kier molecular flexibility index (Phi) is 4.11. The van der Waals surface area contributed by atoms with Crippen molar-refractivity contribution in [2.24, 2.45) is 7.05 Å². The number of rotatable bonds is 6. The van der Waals surface area contributed by atoms with Crippen molar-refractivity contribution in [3.63, 3.8) is 0 Å². The predicted molar refractivity (Wildman–Crippen MR) is 70.6 cm³/mol. The van der Waals surface area contributed by atoms with E-state index < -0.39 is 0 Å².